The van der Waals surface area contributed by atoms with Crippen molar-refractivity contribution in [2.24, 2.45) is 4.99 Å². The molecule has 7 nitrogen and oxygen atoms in total. The molecule has 1 saturated heterocycles. The Kier molecular flexibility index (Phi) is 10.3. The lowest BCUT2D eigenvalue weighted by molar-refractivity contribution is 0.0529. The van der Waals surface area contributed by atoms with E-state index >= 15 is 0 Å². The van der Waals surface area contributed by atoms with Gasteiger partial charge in [0.15, 0.2) is 17.5 Å². The fourth-order valence-corrected chi connectivity index (χ4v) is 3.22. The van der Waals surface area contributed by atoms with Gasteiger partial charge in [-0.3, -0.25) is 4.99 Å². The van der Waals surface area contributed by atoms with Crippen molar-refractivity contribution >= 4 is 35.8 Å². The van der Waals surface area contributed by atoms with Crippen LogP contribution in [-0.2, 0) is 11.3 Å². The molecule has 9 heteroatoms. The molecule has 1 aromatic carbocycles. The summed E-state index contributed by atoms with van der Waals surface area (Å²) in [6.07, 6.45) is 1.81. The number of nitrogens with one attached hydrogen (secondary N) is 2. The molecule has 1 aromatic heterocycles. The number of ether oxygens (including phenoxy) is 2. The van der Waals surface area contributed by atoms with E-state index < -0.39 is 0 Å². The van der Waals surface area contributed by atoms with Gasteiger partial charge in [-0.15, -0.1) is 24.0 Å². The summed E-state index contributed by atoms with van der Waals surface area (Å²) in [4.78, 5) is 11.0. The van der Waals surface area contributed by atoms with Gasteiger partial charge in [-0.2, -0.15) is 0 Å². The highest BCUT2D eigenvalue weighted by Crippen LogP contribution is 2.17. The number of benzene rings is 1. The zero-order valence-corrected chi connectivity index (χ0v) is 20.5. The first kappa shape index (κ1) is 25.1. The van der Waals surface area contributed by atoms with Crippen molar-refractivity contribution in [3.05, 3.63) is 54.0 Å². The molecule has 1 fully saturated rings. The molecule has 31 heavy (non-hydrogen) atoms. The SMILES string of the molecule is CN=C(NCc1ccnc(N2CCOC(C)C2)c1)NCC(C)Oc1ccccc1F.I. The molecule has 0 spiro atoms. The molecule has 2 heterocycles. The molecule has 0 amide bonds. The third-order valence-corrected chi connectivity index (χ3v) is 4.78. The third-order valence-electron chi connectivity index (χ3n) is 4.78. The Labute approximate surface area is 200 Å². The van der Waals surface area contributed by atoms with Gasteiger partial charge in [0.1, 0.15) is 11.9 Å². The lowest BCUT2D eigenvalue weighted by Crippen LogP contribution is -2.42. The van der Waals surface area contributed by atoms with E-state index in [-0.39, 0.29) is 47.8 Å². The number of hydrogen-bond acceptors (Lipinski definition) is 5. The first-order valence-corrected chi connectivity index (χ1v) is 10.2. The van der Waals surface area contributed by atoms with Crippen LogP contribution in [0.2, 0.25) is 0 Å². The van der Waals surface area contributed by atoms with E-state index in [1.165, 1.54) is 6.07 Å². The summed E-state index contributed by atoms with van der Waals surface area (Å²) in [5.74, 6) is 1.49. The topological polar surface area (TPSA) is 71.0 Å². The summed E-state index contributed by atoms with van der Waals surface area (Å²) in [7, 11) is 1.71. The summed E-state index contributed by atoms with van der Waals surface area (Å²) in [5, 5.41) is 6.51. The molecule has 2 N–H and O–H groups in total. The molecule has 2 atom stereocenters. The van der Waals surface area contributed by atoms with E-state index in [9.17, 15) is 4.39 Å². The molecule has 2 unspecified atom stereocenters. The van der Waals surface area contributed by atoms with Gasteiger partial charge in [-0.25, -0.2) is 9.37 Å². The van der Waals surface area contributed by atoms with Crippen LogP contribution in [-0.4, -0.2) is 56.4 Å². The number of anilines is 1. The van der Waals surface area contributed by atoms with Crippen LogP contribution < -0.4 is 20.3 Å². The van der Waals surface area contributed by atoms with Crippen LogP contribution in [0.5, 0.6) is 5.75 Å². The maximum atomic E-state index is 13.7. The van der Waals surface area contributed by atoms with E-state index in [2.05, 4.69) is 38.5 Å². The van der Waals surface area contributed by atoms with Crippen LogP contribution >= 0.6 is 24.0 Å². The Morgan fingerprint density at radius 2 is 2.16 bits per heavy atom. The summed E-state index contributed by atoms with van der Waals surface area (Å²) >= 11 is 0. The number of rotatable bonds is 7. The second kappa shape index (κ2) is 12.7. The number of guanidine groups is 1. The molecule has 1 aliphatic rings. The van der Waals surface area contributed by atoms with E-state index in [1.807, 2.05) is 19.2 Å². The molecular formula is C22H31FIN5O2. The number of morpholine rings is 1. The van der Waals surface area contributed by atoms with Crippen molar-refractivity contribution in [3.8, 4) is 5.75 Å². The van der Waals surface area contributed by atoms with Crippen molar-refractivity contribution in [2.75, 3.05) is 38.2 Å². The van der Waals surface area contributed by atoms with Crippen molar-refractivity contribution in [3.63, 3.8) is 0 Å². The maximum Gasteiger partial charge on any atom is 0.191 e. The van der Waals surface area contributed by atoms with E-state index in [0.29, 0.717) is 19.0 Å². The minimum absolute atomic E-state index is 0. The quantitative estimate of drug-likeness (QED) is 0.318. The minimum atomic E-state index is -0.366. The van der Waals surface area contributed by atoms with Crippen LogP contribution in [0, 0.1) is 5.82 Å². The van der Waals surface area contributed by atoms with Crippen LogP contribution in [0.4, 0.5) is 10.2 Å². The van der Waals surface area contributed by atoms with E-state index in [4.69, 9.17) is 9.47 Å². The monoisotopic (exact) mass is 543 g/mol. The molecule has 2 aromatic rings. The van der Waals surface area contributed by atoms with Crippen LogP contribution in [0.15, 0.2) is 47.6 Å². The summed E-state index contributed by atoms with van der Waals surface area (Å²) < 4.78 is 25.0. The van der Waals surface area contributed by atoms with Crippen LogP contribution in [0.3, 0.4) is 0 Å². The van der Waals surface area contributed by atoms with Gasteiger partial charge < -0.3 is 25.0 Å². The highest BCUT2D eigenvalue weighted by atomic mass is 127. The molecule has 0 bridgehead atoms. The molecule has 170 valence electrons. The largest absolute Gasteiger partial charge is 0.486 e. The molecule has 0 saturated carbocycles. The zero-order valence-electron chi connectivity index (χ0n) is 18.2. The Morgan fingerprint density at radius 1 is 1.35 bits per heavy atom. The molecule has 0 radical (unpaired) electrons. The summed E-state index contributed by atoms with van der Waals surface area (Å²) in [5.41, 5.74) is 1.11. The van der Waals surface area contributed by atoms with Crippen molar-refractivity contribution < 1.29 is 13.9 Å². The van der Waals surface area contributed by atoms with Gasteiger partial charge in [0.2, 0.25) is 0 Å². The number of pyridine rings is 1. The average Bonchev–Trinajstić information content (AvgIpc) is 2.76. The van der Waals surface area contributed by atoms with Crippen molar-refractivity contribution in [2.45, 2.75) is 32.6 Å². The number of aromatic nitrogens is 1. The van der Waals surface area contributed by atoms with Crippen LogP contribution in [0.1, 0.15) is 19.4 Å². The number of para-hydroxylation sites is 1. The number of nitrogens with zero attached hydrogens (tertiary/aromatic N) is 3. The fraction of sp³-hybridized carbons (Fsp3) is 0.455. The van der Waals surface area contributed by atoms with E-state index in [0.717, 1.165) is 31.1 Å². The minimum Gasteiger partial charge on any atom is -0.486 e. The predicted octanol–water partition coefficient (Wildman–Crippen LogP) is 3.20. The van der Waals surface area contributed by atoms with Gasteiger partial charge >= 0.3 is 0 Å². The first-order valence-electron chi connectivity index (χ1n) is 10.2. The molecule has 3 rings (SSSR count). The number of aliphatic imine (C=N–C) groups is 1. The van der Waals surface area contributed by atoms with Crippen molar-refractivity contribution in [1.29, 1.82) is 0 Å². The van der Waals surface area contributed by atoms with Crippen LogP contribution in [0.25, 0.3) is 0 Å². The van der Waals surface area contributed by atoms with Crippen molar-refractivity contribution in [1.82, 2.24) is 15.6 Å². The molecular weight excluding hydrogens is 512 g/mol. The molecule has 0 aliphatic carbocycles. The van der Waals surface area contributed by atoms with Gasteiger partial charge in [-0.05, 0) is 43.7 Å². The maximum absolute atomic E-state index is 13.7. The van der Waals surface area contributed by atoms with Gasteiger partial charge in [0.05, 0.1) is 19.3 Å². The third kappa shape index (κ3) is 7.80. The Bertz CT molecular complexity index is 854. The fourth-order valence-electron chi connectivity index (χ4n) is 3.22. The second-order valence-electron chi connectivity index (χ2n) is 7.32. The summed E-state index contributed by atoms with van der Waals surface area (Å²) in [6, 6.07) is 10.5. The summed E-state index contributed by atoms with van der Waals surface area (Å²) in [6.45, 7) is 7.45. The second-order valence-corrected chi connectivity index (χ2v) is 7.32. The Morgan fingerprint density at radius 3 is 2.90 bits per heavy atom. The smallest absolute Gasteiger partial charge is 0.191 e. The predicted molar refractivity (Wildman–Crippen MR) is 132 cm³/mol. The van der Waals surface area contributed by atoms with Gasteiger partial charge in [0, 0.05) is 32.9 Å². The van der Waals surface area contributed by atoms with Gasteiger partial charge in [-0.1, -0.05) is 12.1 Å². The van der Waals surface area contributed by atoms with Gasteiger partial charge in [0.25, 0.3) is 0 Å². The standard InChI is InChI=1S/C22H30FN5O2.HI/c1-16(30-20-7-5-4-6-19(20)23)13-26-22(24-3)27-14-18-8-9-25-21(12-18)28-10-11-29-17(2)15-28;/h4-9,12,16-17H,10-11,13-15H2,1-3H3,(H2,24,26,27);1H. The highest BCUT2D eigenvalue weighted by molar-refractivity contribution is 14.0. The van der Waals surface area contributed by atoms with E-state index in [1.54, 1.807) is 25.2 Å². The first-order chi connectivity index (χ1) is 14.5. The highest BCUT2D eigenvalue weighted by Gasteiger charge is 2.18. The Balaban J connectivity index is 0.00000341. The number of halogens is 2. The normalized spacial score (nSPS) is 17.5. The lowest BCUT2D eigenvalue weighted by atomic mass is 10.2. The molecule has 1 aliphatic heterocycles. The average molecular weight is 543 g/mol. The number of hydrogen-bond donors (Lipinski definition) is 2. The Hall–Kier alpha value is -2.14. The zero-order chi connectivity index (χ0) is 21.3. The lowest BCUT2D eigenvalue weighted by Gasteiger charge is -2.32.